The molecule has 1 aliphatic heterocycles. The molecule has 5 heteroatoms. The van der Waals surface area contributed by atoms with E-state index in [4.69, 9.17) is 5.73 Å². The number of rotatable bonds is 1. The van der Waals surface area contributed by atoms with Gasteiger partial charge in [0.1, 0.15) is 5.82 Å². The quantitative estimate of drug-likeness (QED) is 0.806. The van der Waals surface area contributed by atoms with Crippen molar-refractivity contribution in [3.05, 3.63) is 29.6 Å². The molecule has 1 aliphatic rings. The molecule has 0 radical (unpaired) electrons. The molecular weight excluding hydrogens is 263 g/mol. The summed E-state index contributed by atoms with van der Waals surface area (Å²) < 4.78 is 13.6. The van der Waals surface area contributed by atoms with E-state index in [-0.39, 0.29) is 16.3 Å². The first kappa shape index (κ1) is 14.2. The number of carbonyl (C=O) groups excluding carboxylic acids is 1. The predicted molar refractivity (Wildman–Crippen MR) is 77.9 cm³/mol. The molecule has 3 nitrogen and oxygen atoms in total. The van der Waals surface area contributed by atoms with Crippen LogP contribution in [0.1, 0.15) is 30.6 Å². The summed E-state index contributed by atoms with van der Waals surface area (Å²) in [5.74, 6) is 0.267. The van der Waals surface area contributed by atoms with Crippen molar-refractivity contribution in [2.45, 2.75) is 25.0 Å². The highest BCUT2D eigenvalue weighted by Gasteiger charge is 2.26. The number of thioether (sulfide) groups is 1. The van der Waals surface area contributed by atoms with Gasteiger partial charge in [-0.25, -0.2) is 4.39 Å². The lowest BCUT2D eigenvalue weighted by Gasteiger charge is -2.22. The molecule has 0 aromatic heterocycles. The summed E-state index contributed by atoms with van der Waals surface area (Å²) in [5.41, 5.74) is 5.87. The third kappa shape index (κ3) is 3.41. The molecule has 19 heavy (non-hydrogen) atoms. The molecule has 0 bridgehead atoms. The molecule has 1 saturated heterocycles. The molecule has 1 aromatic rings. The fraction of sp³-hybridized carbons (Fsp3) is 0.500. The van der Waals surface area contributed by atoms with E-state index in [1.165, 1.54) is 12.1 Å². The Hall–Kier alpha value is -1.23. The number of amides is 1. The molecule has 0 unspecified atom stereocenters. The molecule has 0 spiro atoms. The number of benzene rings is 1. The number of carbonyl (C=O) groups is 1. The van der Waals surface area contributed by atoms with Gasteiger partial charge in [0.05, 0.1) is 5.69 Å². The normalized spacial score (nSPS) is 19.0. The van der Waals surface area contributed by atoms with Gasteiger partial charge in [0.25, 0.3) is 5.91 Å². The molecular formula is C14H19FN2OS. The van der Waals surface area contributed by atoms with Gasteiger partial charge >= 0.3 is 0 Å². The molecule has 104 valence electrons. The summed E-state index contributed by atoms with van der Waals surface area (Å²) in [6, 6.07) is 4.25. The Labute approximate surface area is 117 Å². The van der Waals surface area contributed by atoms with Crippen molar-refractivity contribution in [2.75, 3.05) is 24.6 Å². The first-order valence-corrected chi connectivity index (χ1v) is 7.36. The van der Waals surface area contributed by atoms with Crippen LogP contribution >= 0.6 is 11.8 Å². The summed E-state index contributed by atoms with van der Waals surface area (Å²) >= 11 is 1.88. The Balaban J connectivity index is 2.13. The van der Waals surface area contributed by atoms with E-state index in [1.54, 1.807) is 11.0 Å². The van der Waals surface area contributed by atoms with Gasteiger partial charge in [-0.15, -0.1) is 0 Å². The van der Waals surface area contributed by atoms with Gasteiger partial charge in [0.15, 0.2) is 0 Å². The molecule has 1 amide bonds. The van der Waals surface area contributed by atoms with E-state index < -0.39 is 5.82 Å². The standard InChI is InChI=1S/C14H19FN2OS/c1-14(2)5-6-17(7-8-19-14)13(18)10-3-4-12(16)11(15)9-10/h3-4,9H,5-8,16H2,1-2H3. The van der Waals surface area contributed by atoms with Gasteiger partial charge in [0, 0.05) is 29.2 Å². The van der Waals surface area contributed by atoms with E-state index >= 15 is 0 Å². The maximum Gasteiger partial charge on any atom is 0.253 e. The van der Waals surface area contributed by atoms with Crippen LogP contribution in [0.15, 0.2) is 18.2 Å². The summed E-state index contributed by atoms with van der Waals surface area (Å²) in [5, 5.41) is 0. The maximum atomic E-state index is 13.4. The van der Waals surface area contributed by atoms with E-state index in [9.17, 15) is 9.18 Å². The van der Waals surface area contributed by atoms with Crippen LogP contribution in [0, 0.1) is 5.82 Å². The summed E-state index contributed by atoms with van der Waals surface area (Å²) in [4.78, 5) is 14.1. The van der Waals surface area contributed by atoms with Crippen molar-refractivity contribution in [1.82, 2.24) is 4.90 Å². The highest BCUT2D eigenvalue weighted by Crippen LogP contribution is 2.31. The number of nitrogens with zero attached hydrogens (tertiary/aromatic N) is 1. The highest BCUT2D eigenvalue weighted by molar-refractivity contribution is 8.00. The van der Waals surface area contributed by atoms with Crippen LogP contribution in [0.4, 0.5) is 10.1 Å². The molecule has 1 aromatic carbocycles. The molecule has 0 saturated carbocycles. The van der Waals surface area contributed by atoms with Gasteiger partial charge < -0.3 is 10.6 Å². The molecule has 0 atom stereocenters. The first-order chi connectivity index (χ1) is 8.89. The molecule has 0 aliphatic carbocycles. The number of hydrogen-bond acceptors (Lipinski definition) is 3. The van der Waals surface area contributed by atoms with Crippen molar-refractivity contribution in [3.63, 3.8) is 0 Å². The molecule has 2 N–H and O–H groups in total. The largest absolute Gasteiger partial charge is 0.396 e. The van der Waals surface area contributed by atoms with E-state index in [2.05, 4.69) is 13.8 Å². The van der Waals surface area contributed by atoms with Crippen LogP contribution in [0.25, 0.3) is 0 Å². The summed E-state index contributed by atoms with van der Waals surface area (Å²) in [6.07, 6.45) is 0.945. The Bertz CT molecular complexity index is 490. The van der Waals surface area contributed by atoms with Crippen molar-refractivity contribution >= 4 is 23.4 Å². The summed E-state index contributed by atoms with van der Waals surface area (Å²) in [6.45, 7) is 5.80. The smallest absolute Gasteiger partial charge is 0.253 e. The minimum absolute atomic E-state index is 0.0732. The third-order valence-corrected chi connectivity index (χ3v) is 4.74. The molecule has 2 rings (SSSR count). The van der Waals surface area contributed by atoms with Crippen LogP contribution < -0.4 is 5.73 Å². The fourth-order valence-corrected chi connectivity index (χ4v) is 3.17. The SMILES string of the molecule is CC1(C)CCN(C(=O)c2ccc(N)c(F)c2)CCS1. The second-order valence-corrected chi connectivity index (χ2v) is 7.19. The molecule has 1 heterocycles. The van der Waals surface area contributed by atoms with Crippen molar-refractivity contribution in [1.29, 1.82) is 0 Å². The summed E-state index contributed by atoms with van der Waals surface area (Å²) in [7, 11) is 0. The Morgan fingerprint density at radius 3 is 2.84 bits per heavy atom. The van der Waals surface area contributed by atoms with Gasteiger partial charge in [-0.3, -0.25) is 4.79 Å². The van der Waals surface area contributed by atoms with Gasteiger partial charge in [-0.05, 0) is 24.6 Å². The van der Waals surface area contributed by atoms with Gasteiger partial charge in [0.2, 0.25) is 0 Å². The zero-order valence-corrected chi connectivity index (χ0v) is 12.1. The van der Waals surface area contributed by atoms with E-state index in [1.807, 2.05) is 11.8 Å². The lowest BCUT2D eigenvalue weighted by molar-refractivity contribution is 0.0764. The monoisotopic (exact) mass is 282 g/mol. The van der Waals surface area contributed by atoms with Crippen molar-refractivity contribution < 1.29 is 9.18 Å². The van der Waals surface area contributed by atoms with Crippen LogP contribution in [0.5, 0.6) is 0 Å². The first-order valence-electron chi connectivity index (χ1n) is 6.37. The number of nitrogen functional groups attached to an aromatic ring is 1. The van der Waals surface area contributed by atoms with Crippen molar-refractivity contribution in [3.8, 4) is 0 Å². The minimum atomic E-state index is -0.532. The number of nitrogens with two attached hydrogens (primary N) is 1. The highest BCUT2D eigenvalue weighted by atomic mass is 32.2. The second-order valence-electron chi connectivity index (χ2n) is 5.39. The van der Waals surface area contributed by atoms with Gasteiger partial charge in [-0.1, -0.05) is 13.8 Å². The maximum absolute atomic E-state index is 13.4. The zero-order chi connectivity index (χ0) is 14.0. The average Bonchev–Trinajstić information content (AvgIpc) is 2.53. The fourth-order valence-electron chi connectivity index (χ4n) is 2.07. The van der Waals surface area contributed by atoms with E-state index in [0.717, 1.165) is 12.2 Å². The van der Waals surface area contributed by atoms with Crippen LogP contribution in [-0.4, -0.2) is 34.4 Å². The Morgan fingerprint density at radius 2 is 2.16 bits per heavy atom. The van der Waals surface area contributed by atoms with Crippen LogP contribution in [-0.2, 0) is 0 Å². The average molecular weight is 282 g/mol. The van der Waals surface area contributed by atoms with Gasteiger partial charge in [-0.2, -0.15) is 11.8 Å². The lowest BCUT2D eigenvalue weighted by atomic mass is 10.1. The minimum Gasteiger partial charge on any atom is -0.396 e. The topological polar surface area (TPSA) is 46.3 Å². The van der Waals surface area contributed by atoms with E-state index in [0.29, 0.717) is 18.7 Å². The lowest BCUT2D eigenvalue weighted by Crippen LogP contribution is -2.33. The van der Waals surface area contributed by atoms with Crippen molar-refractivity contribution in [2.24, 2.45) is 0 Å². The number of halogens is 1. The Morgan fingerprint density at radius 1 is 1.42 bits per heavy atom. The van der Waals surface area contributed by atoms with Crippen LogP contribution in [0.3, 0.4) is 0 Å². The van der Waals surface area contributed by atoms with Crippen LogP contribution in [0.2, 0.25) is 0 Å². The number of anilines is 1. The predicted octanol–water partition coefficient (Wildman–Crippen LogP) is 2.77. The zero-order valence-electron chi connectivity index (χ0n) is 11.3. The second kappa shape index (κ2) is 5.41. The third-order valence-electron chi connectivity index (χ3n) is 3.37. The number of hydrogen-bond donors (Lipinski definition) is 1. The Kier molecular flexibility index (Phi) is 4.04. The molecule has 1 fully saturated rings.